The Labute approximate surface area is 122 Å². The van der Waals surface area contributed by atoms with Gasteiger partial charge in [0.05, 0.1) is 5.56 Å². The van der Waals surface area contributed by atoms with Crippen LogP contribution in [0.2, 0.25) is 0 Å². The average Bonchev–Trinajstić information content (AvgIpc) is 2.42. The SMILES string of the molecule is CCNc1nc(CC)nc(Oc2cc(F)cc(F)c2)c1C. The lowest BCUT2D eigenvalue weighted by molar-refractivity contribution is 0.444. The third kappa shape index (κ3) is 3.65. The maximum Gasteiger partial charge on any atom is 0.227 e. The van der Waals surface area contributed by atoms with E-state index in [1.54, 1.807) is 6.92 Å². The van der Waals surface area contributed by atoms with Crippen LogP contribution in [0.1, 0.15) is 25.2 Å². The molecule has 112 valence electrons. The highest BCUT2D eigenvalue weighted by Crippen LogP contribution is 2.28. The van der Waals surface area contributed by atoms with Gasteiger partial charge in [0.25, 0.3) is 0 Å². The average molecular weight is 293 g/mol. The van der Waals surface area contributed by atoms with Gasteiger partial charge in [0.2, 0.25) is 5.88 Å². The Morgan fingerprint density at radius 1 is 1.10 bits per heavy atom. The second-order valence-electron chi connectivity index (χ2n) is 4.51. The number of aryl methyl sites for hydroxylation is 1. The molecule has 0 atom stereocenters. The highest BCUT2D eigenvalue weighted by atomic mass is 19.1. The molecular formula is C15H17F2N3O. The third-order valence-corrected chi connectivity index (χ3v) is 2.86. The summed E-state index contributed by atoms with van der Waals surface area (Å²) in [5.74, 6) is 0.236. The number of benzene rings is 1. The predicted molar refractivity (Wildman–Crippen MR) is 76.7 cm³/mol. The molecule has 1 aromatic carbocycles. The zero-order valence-corrected chi connectivity index (χ0v) is 12.2. The van der Waals surface area contributed by atoms with E-state index in [1.807, 2.05) is 13.8 Å². The largest absolute Gasteiger partial charge is 0.438 e. The molecule has 0 aliphatic carbocycles. The number of anilines is 1. The molecule has 0 saturated carbocycles. The third-order valence-electron chi connectivity index (χ3n) is 2.86. The van der Waals surface area contributed by atoms with Crippen molar-refractivity contribution in [2.75, 3.05) is 11.9 Å². The summed E-state index contributed by atoms with van der Waals surface area (Å²) in [6, 6.07) is 3.02. The topological polar surface area (TPSA) is 47.0 Å². The first-order chi connectivity index (χ1) is 10.0. The summed E-state index contributed by atoms with van der Waals surface area (Å²) < 4.78 is 32.0. The van der Waals surface area contributed by atoms with Crippen molar-refractivity contribution in [3.8, 4) is 11.6 Å². The molecule has 6 heteroatoms. The van der Waals surface area contributed by atoms with Crippen LogP contribution in [0.4, 0.5) is 14.6 Å². The lowest BCUT2D eigenvalue weighted by Crippen LogP contribution is -2.07. The lowest BCUT2D eigenvalue weighted by atomic mass is 10.3. The Bertz CT molecular complexity index is 627. The zero-order valence-electron chi connectivity index (χ0n) is 12.2. The smallest absolute Gasteiger partial charge is 0.227 e. The Morgan fingerprint density at radius 3 is 2.33 bits per heavy atom. The number of hydrogen-bond donors (Lipinski definition) is 1. The fraction of sp³-hybridized carbons (Fsp3) is 0.333. The van der Waals surface area contributed by atoms with Crippen molar-refractivity contribution < 1.29 is 13.5 Å². The number of halogens is 2. The minimum atomic E-state index is -0.695. The molecule has 2 rings (SSSR count). The van der Waals surface area contributed by atoms with Crippen LogP contribution in [0.15, 0.2) is 18.2 Å². The maximum atomic E-state index is 13.2. The molecule has 1 aromatic heterocycles. The molecule has 0 fully saturated rings. The van der Waals surface area contributed by atoms with Crippen LogP contribution in [-0.4, -0.2) is 16.5 Å². The van der Waals surface area contributed by atoms with Gasteiger partial charge in [-0.05, 0) is 13.8 Å². The van der Waals surface area contributed by atoms with Crippen LogP contribution < -0.4 is 10.1 Å². The van der Waals surface area contributed by atoms with Gasteiger partial charge in [-0.1, -0.05) is 6.92 Å². The molecule has 2 aromatic rings. The highest BCUT2D eigenvalue weighted by molar-refractivity contribution is 5.49. The Hall–Kier alpha value is -2.24. The van der Waals surface area contributed by atoms with Gasteiger partial charge in [-0.2, -0.15) is 4.98 Å². The highest BCUT2D eigenvalue weighted by Gasteiger charge is 2.13. The summed E-state index contributed by atoms with van der Waals surface area (Å²) >= 11 is 0. The van der Waals surface area contributed by atoms with E-state index in [2.05, 4.69) is 15.3 Å². The first-order valence-electron chi connectivity index (χ1n) is 6.78. The van der Waals surface area contributed by atoms with Crippen molar-refractivity contribution in [3.63, 3.8) is 0 Å². The van der Waals surface area contributed by atoms with Crippen LogP contribution in [0.5, 0.6) is 11.6 Å². The first-order valence-corrected chi connectivity index (χ1v) is 6.78. The minimum Gasteiger partial charge on any atom is -0.438 e. The molecule has 0 bridgehead atoms. The molecule has 0 unspecified atom stereocenters. The van der Waals surface area contributed by atoms with E-state index in [0.717, 1.165) is 18.2 Å². The van der Waals surface area contributed by atoms with Crippen molar-refractivity contribution in [1.29, 1.82) is 0 Å². The summed E-state index contributed by atoms with van der Waals surface area (Å²) in [5.41, 5.74) is 0.693. The van der Waals surface area contributed by atoms with Crippen LogP contribution in [-0.2, 0) is 6.42 Å². The number of nitrogens with zero attached hydrogens (tertiary/aromatic N) is 2. The van der Waals surface area contributed by atoms with Gasteiger partial charge in [-0.3, -0.25) is 0 Å². The Kier molecular flexibility index (Phi) is 4.67. The van der Waals surface area contributed by atoms with Gasteiger partial charge in [0.15, 0.2) is 0 Å². The number of hydrogen-bond acceptors (Lipinski definition) is 4. The van der Waals surface area contributed by atoms with Gasteiger partial charge in [0, 0.05) is 31.2 Å². The fourth-order valence-corrected chi connectivity index (χ4v) is 1.84. The number of nitrogens with one attached hydrogen (secondary N) is 1. The second kappa shape index (κ2) is 6.47. The van der Waals surface area contributed by atoms with E-state index in [4.69, 9.17) is 4.74 Å². The quantitative estimate of drug-likeness (QED) is 0.909. The van der Waals surface area contributed by atoms with E-state index in [0.29, 0.717) is 36.1 Å². The molecule has 0 saturated heterocycles. The normalized spacial score (nSPS) is 10.5. The van der Waals surface area contributed by atoms with Crippen LogP contribution in [0.3, 0.4) is 0 Å². The van der Waals surface area contributed by atoms with Crippen molar-refractivity contribution in [2.24, 2.45) is 0 Å². The number of rotatable bonds is 5. The van der Waals surface area contributed by atoms with Crippen molar-refractivity contribution >= 4 is 5.82 Å². The molecule has 0 aliphatic rings. The number of ether oxygens (including phenoxy) is 1. The summed E-state index contributed by atoms with van der Waals surface area (Å²) in [5, 5.41) is 3.12. The van der Waals surface area contributed by atoms with Crippen LogP contribution in [0, 0.1) is 18.6 Å². The van der Waals surface area contributed by atoms with E-state index in [1.165, 1.54) is 0 Å². The molecule has 0 radical (unpaired) electrons. The van der Waals surface area contributed by atoms with E-state index in [9.17, 15) is 8.78 Å². The second-order valence-corrected chi connectivity index (χ2v) is 4.51. The molecule has 0 spiro atoms. The molecular weight excluding hydrogens is 276 g/mol. The molecule has 0 aliphatic heterocycles. The summed E-state index contributed by atoms with van der Waals surface area (Å²) in [6.07, 6.45) is 0.631. The van der Waals surface area contributed by atoms with Crippen LogP contribution >= 0.6 is 0 Å². The summed E-state index contributed by atoms with van der Waals surface area (Å²) in [4.78, 5) is 8.64. The predicted octanol–water partition coefficient (Wildman–Crippen LogP) is 3.85. The van der Waals surface area contributed by atoms with E-state index in [-0.39, 0.29) is 5.75 Å². The maximum absolute atomic E-state index is 13.2. The van der Waals surface area contributed by atoms with Gasteiger partial charge in [-0.25, -0.2) is 13.8 Å². The molecule has 0 amide bonds. The van der Waals surface area contributed by atoms with Gasteiger partial charge in [0.1, 0.15) is 29.0 Å². The Balaban J connectivity index is 2.40. The summed E-state index contributed by atoms with van der Waals surface area (Å²) in [6.45, 7) is 6.37. The first kappa shape index (κ1) is 15.2. The molecule has 21 heavy (non-hydrogen) atoms. The molecule has 1 N–H and O–H groups in total. The molecule has 1 heterocycles. The standard InChI is InChI=1S/C15H17F2N3O/c1-4-13-19-14(18-5-2)9(3)15(20-13)21-12-7-10(16)6-11(17)8-12/h6-8H,4-5H2,1-3H3,(H,18,19,20). The van der Waals surface area contributed by atoms with Crippen molar-refractivity contribution in [2.45, 2.75) is 27.2 Å². The minimum absolute atomic E-state index is 0.0683. The van der Waals surface area contributed by atoms with Gasteiger partial charge >= 0.3 is 0 Å². The monoisotopic (exact) mass is 293 g/mol. The fourth-order valence-electron chi connectivity index (χ4n) is 1.84. The Morgan fingerprint density at radius 2 is 1.76 bits per heavy atom. The van der Waals surface area contributed by atoms with Gasteiger partial charge < -0.3 is 10.1 Å². The van der Waals surface area contributed by atoms with E-state index >= 15 is 0 Å². The van der Waals surface area contributed by atoms with Crippen molar-refractivity contribution in [1.82, 2.24) is 9.97 Å². The summed E-state index contributed by atoms with van der Waals surface area (Å²) in [7, 11) is 0. The van der Waals surface area contributed by atoms with Crippen LogP contribution in [0.25, 0.3) is 0 Å². The molecule has 4 nitrogen and oxygen atoms in total. The van der Waals surface area contributed by atoms with Gasteiger partial charge in [-0.15, -0.1) is 0 Å². The zero-order chi connectivity index (χ0) is 15.4. The van der Waals surface area contributed by atoms with E-state index < -0.39 is 11.6 Å². The number of aromatic nitrogens is 2. The van der Waals surface area contributed by atoms with Crippen molar-refractivity contribution in [3.05, 3.63) is 41.2 Å². The lowest BCUT2D eigenvalue weighted by Gasteiger charge is -2.13.